The van der Waals surface area contributed by atoms with Crippen LogP contribution in [0.4, 0.5) is 11.5 Å². The number of aromatic nitrogens is 2. The smallest absolute Gasteiger partial charge is 0.136 e. The summed E-state index contributed by atoms with van der Waals surface area (Å²) in [5.74, 6) is 1.43. The molecule has 0 aliphatic heterocycles. The number of halogens is 1. The molecule has 0 bridgehead atoms. The molecule has 0 amide bonds. The van der Waals surface area contributed by atoms with Crippen LogP contribution in [0.5, 0.6) is 0 Å². The minimum atomic E-state index is 0. The van der Waals surface area contributed by atoms with E-state index in [1.54, 1.807) is 6.33 Å². The summed E-state index contributed by atoms with van der Waals surface area (Å²) in [5, 5.41) is 3.33. The van der Waals surface area contributed by atoms with Crippen LogP contribution in [0.25, 0.3) is 0 Å². The molecule has 1 aromatic carbocycles. The van der Waals surface area contributed by atoms with Gasteiger partial charge in [0.2, 0.25) is 0 Å². The van der Waals surface area contributed by atoms with Crippen LogP contribution in [0.15, 0.2) is 30.6 Å². The van der Waals surface area contributed by atoms with E-state index in [1.807, 2.05) is 13.8 Å². The van der Waals surface area contributed by atoms with Crippen molar-refractivity contribution < 1.29 is 0 Å². The molecular weight excluding hydrogens is 258 g/mol. The van der Waals surface area contributed by atoms with Gasteiger partial charge in [-0.2, -0.15) is 0 Å². The molecular formula is C15H20ClN3. The highest BCUT2D eigenvalue weighted by Crippen LogP contribution is 2.21. The summed E-state index contributed by atoms with van der Waals surface area (Å²) in [5.41, 5.74) is 4.49. The maximum atomic E-state index is 4.27. The van der Waals surface area contributed by atoms with E-state index in [1.165, 1.54) is 5.56 Å². The molecule has 0 aliphatic rings. The van der Waals surface area contributed by atoms with Crippen LogP contribution in [0.3, 0.4) is 0 Å². The number of hydrogen-bond donors (Lipinski definition) is 1. The average Bonchev–Trinajstić information content (AvgIpc) is 2.36. The summed E-state index contributed by atoms with van der Waals surface area (Å²) >= 11 is 0. The molecule has 0 fully saturated rings. The van der Waals surface area contributed by atoms with Gasteiger partial charge in [0.25, 0.3) is 0 Å². The van der Waals surface area contributed by atoms with E-state index in [9.17, 15) is 0 Å². The molecule has 0 saturated carbocycles. The van der Waals surface area contributed by atoms with Gasteiger partial charge in [-0.25, -0.2) is 9.97 Å². The number of rotatable bonds is 3. The number of aryl methyl sites for hydroxylation is 1. The fourth-order valence-corrected chi connectivity index (χ4v) is 1.75. The largest absolute Gasteiger partial charge is 0.340 e. The lowest BCUT2D eigenvalue weighted by atomic mass is 10.0. The molecule has 0 saturated heterocycles. The lowest BCUT2D eigenvalue weighted by Crippen LogP contribution is -2.00. The standard InChI is InChI=1S/C15H19N3.ClH/c1-10(2)13-5-7-14(8-6-13)18-15-11(3)12(4)16-9-17-15;/h5-10H,1-4H3,(H,16,17,18);1H. The van der Waals surface area contributed by atoms with Crippen LogP contribution in [-0.2, 0) is 0 Å². The quantitative estimate of drug-likeness (QED) is 0.904. The minimum Gasteiger partial charge on any atom is -0.340 e. The molecule has 2 aromatic rings. The van der Waals surface area contributed by atoms with Crippen molar-refractivity contribution in [2.24, 2.45) is 0 Å². The van der Waals surface area contributed by atoms with Gasteiger partial charge in [-0.15, -0.1) is 12.4 Å². The molecule has 3 nitrogen and oxygen atoms in total. The zero-order valence-electron chi connectivity index (χ0n) is 11.8. The van der Waals surface area contributed by atoms with Crippen LogP contribution in [0.2, 0.25) is 0 Å². The molecule has 2 rings (SSSR count). The maximum Gasteiger partial charge on any atom is 0.136 e. The Kier molecular flexibility index (Phi) is 5.31. The molecule has 0 aliphatic carbocycles. The van der Waals surface area contributed by atoms with Gasteiger partial charge >= 0.3 is 0 Å². The van der Waals surface area contributed by atoms with E-state index in [0.717, 1.165) is 22.8 Å². The summed E-state index contributed by atoms with van der Waals surface area (Å²) in [4.78, 5) is 8.44. The molecule has 1 N–H and O–H groups in total. The van der Waals surface area contributed by atoms with Crippen molar-refractivity contribution >= 4 is 23.9 Å². The van der Waals surface area contributed by atoms with Crippen molar-refractivity contribution in [1.29, 1.82) is 0 Å². The molecule has 1 aromatic heterocycles. The Labute approximate surface area is 120 Å². The lowest BCUT2D eigenvalue weighted by molar-refractivity contribution is 0.867. The summed E-state index contributed by atoms with van der Waals surface area (Å²) in [6.45, 7) is 8.41. The van der Waals surface area contributed by atoms with E-state index in [2.05, 4.69) is 53.4 Å². The van der Waals surface area contributed by atoms with Gasteiger partial charge in [0.15, 0.2) is 0 Å². The van der Waals surface area contributed by atoms with Gasteiger partial charge in [-0.3, -0.25) is 0 Å². The van der Waals surface area contributed by atoms with Crippen molar-refractivity contribution in [2.45, 2.75) is 33.6 Å². The highest BCUT2D eigenvalue weighted by Gasteiger charge is 2.04. The van der Waals surface area contributed by atoms with Crippen molar-refractivity contribution in [1.82, 2.24) is 9.97 Å². The number of anilines is 2. The van der Waals surface area contributed by atoms with Gasteiger partial charge < -0.3 is 5.32 Å². The molecule has 0 spiro atoms. The molecule has 4 heteroatoms. The number of benzene rings is 1. The van der Waals surface area contributed by atoms with E-state index >= 15 is 0 Å². The fraction of sp³-hybridized carbons (Fsp3) is 0.333. The van der Waals surface area contributed by atoms with Gasteiger partial charge in [0, 0.05) is 16.9 Å². The number of nitrogens with zero attached hydrogens (tertiary/aromatic N) is 2. The van der Waals surface area contributed by atoms with Crippen molar-refractivity contribution in [3.63, 3.8) is 0 Å². The number of nitrogens with one attached hydrogen (secondary N) is 1. The minimum absolute atomic E-state index is 0. The Bertz CT molecular complexity index is 536. The summed E-state index contributed by atoms with van der Waals surface area (Å²) in [6, 6.07) is 8.48. The first kappa shape index (κ1) is 15.4. The van der Waals surface area contributed by atoms with Crippen LogP contribution in [0.1, 0.15) is 36.6 Å². The maximum absolute atomic E-state index is 4.27. The first-order chi connectivity index (χ1) is 8.58. The molecule has 0 atom stereocenters. The predicted octanol–water partition coefficient (Wildman–Crippen LogP) is 4.38. The normalized spacial score (nSPS) is 10.2. The Morgan fingerprint density at radius 1 is 1.00 bits per heavy atom. The molecule has 0 unspecified atom stereocenters. The zero-order chi connectivity index (χ0) is 13.1. The summed E-state index contributed by atoms with van der Waals surface area (Å²) < 4.78 is 0. The van der Waals surface area contributed by atoms with Crippen LogP contribution < -0.4 is 5.32 Å². The van der Waals surface area contributed by atoms with Crippen molar-refractivity contribution in [3.05, 3.63) is 47.4 Å². The van der Waals surface area contributed by atoms with Crippen molar-refractivity contribution in [3.8, 4) is 0 Å². The first-order valence-electron chi connectivity index (χ1n) is 6.23. The van der Waals surface area contributed by atoms with E-state index in [4.69, 9.17) is 0 Å². The lowest BCUT2D eigenvalue weighted by Gasteiger charge is -2.11. The van der Waals surface area contributed by atoms with E-state index in [-0.39, 0.29) is 12.4 Å². The molecule has 19 heavy (non-hydrogen) atoms. The Morgan fingerprint density at radius 3 is 2.21 bits per heavy atom. The SMILES string of the molecule is Cc1ncnc(Nc2ccc(C(C)C)cc2)c1C.Cl. The van der Waals surface area contributed by atoms with Crippen LogP contribution in [-0.4, -0.2) is 9.97 Å². The van der Waals surface area contributed by atoms with E-state index < -0.39 is 0 Å². The molecule has 0 radical (unpaired) electrons. The third kappa shape index (κ3) is 3.67. The summed E-state index contributed by atoms with van der Waals surface area (Å²) in [7, 11) is 0. The Morgan fingerprint density at radius 2 is 1.63 bits per heavy atom. The van der Waals surface area contributed by atoms with Crippen LogP contribution in [0, 0.1) is 13.8 Å². The Hall–Kier alpha value is -1.61. The third-order valence-corrected chi connectivity index (χ3v) is 3.18. The Balaban J connectivity index is 0.00000180. The predicted molar refractivity (Wildman–Crippen MR) is 82.6 cm³/mol. The van der Waals surface area contributed by atoms with E-state index in [0.29, 0.717) is 5.92 Å². The fourth-order valence-electron chi connectivity index (χ4n) is 1.75. The van der Waals surface area contributed by atoms with Gasteiger partial charge in [0.1, 0.15) is 12.1 Å². The highest BCUT2D eigenvalue weighted by atomic mass is 35.5. The van der Waals surface area contributed by atoms with Gasteiger partial charge in [0.05, 0.1) is 0 Å². The highest BCUT2D eigenvalue weighted by molar-refractivity contribution is 5.85. The number of hydrogen-bond acceptors (Lipinski definition) is 3. The summed E-state index contributed by atoms with van der Waals surface area (Å²) in [6.07, 6.45) is 1.59. The second-order valence-electron chi connectivity index (χ2n) is 4.83. The van der Waals surface area contributed by atoms with Gasteiger partial charge in [-0.05, 0) is 37.5 Å². The monoisotopic (exact) mass is 277 g/mol. The second-order valence-corrected chi connectivity index (χ2v) is 4.83. The third-order valence-electron chi connectivity index (χ3n) is 3.18. The zero-order valence-corrected chi connectivity index (χ0v) is 12.6. The topological polar surface area (TPSA) is 37.8 Å². The van der Waals surface area contributed by atoms with Crippen LogP contribution >= 0.6 is 12.4 Å². The van der Waals surface area contributed by atoms with Crippen molar-refractivity contribution in [2.75, 3.05) is 5.32 Å². The first-order valence-corrected chi connectivity index (χ1v) is 6.23. The molecule has 102 valence electrons. The second kappa shape index (κ2) is 6.53. The molecule has 1 heterocycles. The average molecular weight is 278 g/mol. The van der Waals surface area contributed by atoms with Gasteiger partial charge in [-0.1, -0.05) is 26.0 Å².